The van der Waals surface area contributed by atoms with Gasteiger partial charge in [0.25, 0.3) is 5.91 Å². The maximum absolute atomic E-state index is 13.4. The van der Waals surface area contributed by atoms with Crippen LogP contribution in [0.3, 0.4) is 0 Å². The van der Waals surface area contributed by atoms with Gasteiger partial charge in [0.15, 0.2) is 6.61 Å². The molecular weight excluding hydrogens is 475 g/mol. The number of halogens is 2. The van der Waals surface area contributed by atoms with Gasteiger partial charge in [-0.05, 0) is 61.2 Å². The molecule has 1 aliphatic carbocycles. The zero-order valence-electron chi connectivity index (χ0n) is 18.4. The first kappa shape index (κ1) is 24.2. The molecule has 0 heterocycles. The van der Waals surface area contributed by atoms with Crippen LogP contribution < -0.4 is 10.1 Å². The molecule has 0 unspecified atom stereocenters. The van der Waals surface area contributed by atoms with Crippen LogP contribution in [-0.2, 0) is 16.1 Å². The van der Waals surface area contributed by atoms with Gasteiger partial charge in [-0.2, -0.15) is 0 Å². The van der Waals surface area contributed by atoms with Gasteiger partial charge in [0.1, 0.15) is 17.6 Å². The summed E-state index contributed by atoms with van der Waals surface area (Å²) >= 11 is 3.37. The van der Waals surface area contributed by atoms with Gasteiger partial charge < -0.3 is 15.0 Å². The van der Waals surface area contributed by atoms with Crippen molar-refractivity contribution in [1.82, 2.24) is 10.2 Å². The van der Waals surface area contributed by atoms with Crippen molar-refractivity contribution in [2.75, 3.05) is 6.61 Å². The highest BCUT2D eigenvalue weighted by molar-refractivity contribution is 9.10. The molecule has 0 spiro atoms. The molecule has 2 aromatic carbocycles. The Bertz CT molecular complexity index is 883. The minimum Gasteiger partial charge on any atom is -0.484 e. The molecule has 3 rings (SSSR count). The Hall–Kier alpha value is -2.41. The Morgan fingerprint density at radius 2 is 1.75 bits per heavy atom. The minimum absolute atomic E-state index is 0.140. The van der Waals surface area contributed by atoms with E-state index in [4.69, 9.17) is 4.74 Å². The lowest BCUT2D eigenvalue weighted by Gasteiger charge is -2.32. The quantitative estimate of drug-likeness (QED) is 0.508. The second-order valence-electron chi connectivity index (χ2n) is 8.16. The van der Waals surface area contributed by atoms with Crippen LogP contribution in [-0.4, -0.2) is 35.4 Å². The minimum atomic E-state index is -0.622. The largest absolute Gasteiger partial charge is 0.484 e. The first-order valence-electron chi connectivity index (χ1n) is 11.2. The normalized spacial score (nSPS) is 15.1. The summed E-state index contributed by atoms with van der Waals surface area (Å²) in [6.45, 7) is 1.92. The lowest BCUT2D eigenvalue weighted by Crippen LogP contribution is -2.52. The summed E-state index contributed by atoms with van der Waals surface area (Å²) in [6.07, 6.45) is 5.85. The Morgan fingerprint density at radius 1 is 1.09 bits per heavy atom. The van der Waals surface area contributed by atoms with Gasteiger partial charge in [-0.1, -0.05) is 54.2 Å². The molecule has 1 aliphatic rings. The summed E-state index contributed by atoms with van der Waals surface area (Å²) in [6, 6.07) is 12.7. The van der Waals surface area contributed by atoms with E-state index in [1.165, 1.54) is 18.6 Å². The smallest absolute Gasteiger partial charge is 0.261 e. The van der Waals surface area contributed by atoms with Crippen LogP contribution in [0.5, 0.6) is 5.75 Å². The molecule has 172 valence electrons. The predicted octanol–water partition coefficient (Wildman–Crippen LogP) is 5.22. The van der Waals surface area contributed by atoms with Gasteiger partial charge >= 0.3 is 0 Å². The van der Waals surface area contributed by atoms with Crippen molar-refractivity contribution in [2.45, 2.75) is 64.1 Å². The summed E-state index contributed by atoms with van der Waals surface area (Å²) < 4.78 is 20.0. The average Bonchev–Trinajstić information content (AvgIpc) is 2.80. The Labute approximate surface area is 197 Å². The maximum atomic E-state index is 13.4. The summed E-state index contributed by atoms with van der Waals surface area (Å²) in [5.74, 6) is -0.198. The van der Waals surface area contributed by atoms with E-state index in [1.807, 2.05) is 19.1 Å². The van der Waals surface area contributed by atoms with Gasteiger partial charge in [0.05, 0.1) is 0 Å². The summed E-state index contributed by atoms with van der Waals surface area (Å²) in [7, 11) is 0. The van der Waals surface area contributed by atoms with Crippen molar-refractivity contribution in [2.24, 2.45) is 0 Å². The van der Waals surface area contributed by atoms with E-state index in [0.717, 1.165) is 35.7 Å². The van der Waals surface area contributed by atoms with Crippen LogP contribution in [0.1, 0.15) is 51.0 Å². The number of nitrogens with one attached hydrogen (secondary N) is 1. The van der Waals surface area contributed by atoms with Gasteiger partial charge in [0, 0.05) is 17.1 Å². The number of hydrogen-bond acceptors (Lipinski definition) is 3. The molecule has 1 N–H and O–H groups in total. The third-order valence-electron chi connectivity index (χ3n) is 5.78. The zero-order chi connectivity index (χ0) is 22.9. The molecule has 0 saturated heterocycles. The molecule has 1 saturated carbocycles. The van der Waals surface area contributed by atoms with Crippen molar-refractivity contribution in [1.29, 1.82) is 0 Å². The summed E-state index contributed by atoms with van der Waals surface area (Å²) in [4.78, 5) is 27.9. The molecule has 7 heteroatoms. The van der Waals surface area contributed by atoms with Gasteiger partial charge in [-0.25, -0.2) is 4.39 Å². The molecule has 0 aromatic heterocycles. The van der Waals surface area contributed by atoms with Crippen molar-refractivity contribution < 1.29 is 18.7 Å². The van der Waals surface area contributed by atoms with Gasteiger partial charge in [0.2, 0.25) is 5.91 Å². The van der Waals surface area contributed by atoms with E-state index < -0.39 is 6.04 Å². The summed E-state index contributed by atoms with van der Waals surface area (Å²) in [5.41, 5.74) is 0.757. The topological polar surface area (TPSA) is 58.6 Å². The predicted molar refractivity (Wildman–Crippen MR) is 126 cm³/mol. The molecule has 2 aromatic rings. The van der Waals surface area contributed by atoms with Crippen LogP contribution in [0, 0.1) is 5.82 Å². The number of amides is 2. The van der Waals surface area contributed by atoms with E-state index in [1.54, 1.807) is 29.2 Å². The van der Waals surface area contributed by atoms with E-state index in [0.29, 0.717) is 12.2 Å². The van der Waals surface area contributed by atoms with Crippen LogP contribution in [0.2, 0.25) is 0 Å². The monoisotopic (exact) mass is 504 g/mol. The number of carbonyl (C=O) groups is 2. The van der Waals surface area contributed by atoms with Crippen molar-refractivity contribution in [3.8, 4) is 5.75 Å². The van der Waals surface area contributed by atoms with E-state index in [2.05, 4.69) is 21.2 Å². The fourth-order valence-corrected chi connectivity index (χ4v) is 4.27. The highest BCUT2D eigenvalue weighted by Gasteiger charge is 2.30. The van der Waals surface area contributed by atoms with Crippen molar-refractivity contribution in [3.63, 3.8) is 0 Å². The van der Waals surface area contributed by atoms with Crippen LogP contribution >= 0.6 is 15.9 Å². The Morgan fingerprint density at radius 3 is 2.38 bits per heavy atom. The highest BCUT2D eigenvalue weighted by Crippen LogP contribution is 2.20. The van der Waals surface area contributed by atoms with Crippen LogP contribution in [0.4, 0.5) is 4.39 Å². The number of ether oxygens (including phenoxy) is 1. The molecular formula is C25H30BrFN2O3. The fraction of sp³-hybridized carbons (Fsp3) is 0.440. The molecule has 0 radical (unpaired) electrons. The number of benzene rings is 2. The molecule has 0 bridgehead atoms. The van der Waals surface area contributed by atoms with Crippen LogP contribution in [0.25, 0.3) is 0 Å². The summed E-state index contributed by atoms with van der Waals surface area (Å²) in [5, 5.41) is 3.14. The highest BCUT2D eigenvalue weighted by atomic mass is 79.9. The number of hydrogen-bond donors (Lipinski definition) is 1. The molecule has 0 aliphatic heterocycles. The fourth-order valence-electron chi connectivity index (χ4n) is 4.01. The van der Waals surface area contributed by atoms with Crippen molar-refractivity contribution in [3.05, 3.63) is 64.4 Å². The van der Waals surface area contributed by atoms with Crippen LogP contribution in [0.15, 0.2) is 53.0 Å². The van der Waals surface area contributed by atoms with E-state index >= 15 is 0 Å². The second kappa shape index (κ2) is 12.0. The average molecular weight is 505 g/mol. The Balaban J connectivity index is 1.73. The Kier molecular flexibility index (Phi) is 9.09. The third kappa shape index (κ3) is 7.05. The lowest BCUT2D eigenvalue weighted by atomic mass is 9.95. The molecule has 2 amide bonds. The molecule has 1 fully saturated rings. The molecule has 1 atom stereocenters. The third-order valence-corrected chi connectivity index (χ3v) is 6.31. The second-order valence-corrected chi connectivity index (χ2v) is 9.07. The number of carbonyl (C=O) groups excluding carboxylic acids is 2. The first-order valence-corrected chi connectivity index (χ1v) is 12.0. The SMILES string of the molecule is CC[C@@H](C(=O)NC1CCCCC1)N(Cc1ccc(F)cc1)C(=O)COc1ccc(Br)cc1. The maximum Gasteiger partial charge on any atom is 0.261 e. The van der Waals surface area contributed by atoms with E-state index in [-0.39, 0.29) is 36.8 Å². The molecule has 5 nitrogen and oxygen atoms in total. The first-order chi connectivity index (χ1) is 15.5. The van der Waals surface area contributed by atoms with E-state index in [9.17, 15) is 14.0 Å². The number of rotatable bonds is 9. The van der Waals surface area contributed by atoms with Gasteiger partial charge in [-0.15, -0.1) is 0 Å². The number of nitrogens with zero attached hydrogens (tertiary/aromatic N) is 1. The standard InChI is InChI=1S/C25H30BrFN2O3/c1-2-23(25(31)28-21-6-4-3-5-7-21)29(16-18-8-12-20(27)13-9-18)24(30)17-32-22-14-10-19(26)11-15-22/h8-15,21,23H,2-7,16-17H2,1H3,(H,28,31)/t23-/m0/s1. The lowest BCUT2D eigenvalue weighted by molar-refractivity contribution is -0.143. The van der Waals surface area contributed by atoms with Crippen molar-refractivity contribution >= 4 is 27.7 Å². The van der Waals surface area contributed by atoms with Gasteiger partial charge in [-0.3, -0.25) is 9.59 Å². The molecule has 32 heavy (non-hydrogen) atoms. The zero-order valence-corrected chi connectivity index (χ0v) is 19.9.